The fraction of sp³-hybridized carbons (Fsp3) is 0.0526. The van der Waals surface area contributed by atoms with Gasteiger partial charge in [-0.25, -0.2) is 15.1 Å². The molecule has 0 spiro atoms. The van der Waals surface area contributed by atoms with Crippen LogP contribution in [-0.2, 0) is 0 Å². The van der Waals surface area contributed by atoms with Crippen molar-refractivity contribution in [3.8, 4) is 18.2 Å². The summed E-state index contributed by atoms with van der Waals surface area (Å²) in [4.78, 5) is 29.9. The van der Waals surface area contributed by atoms with Crippen molar-refractivity contribution >= 4 is 76.9 Å². The van der Waals surface area contributed by atoms with E-state index in [1.165, 1.54) is 16.9 Å². The van der Waals surface area contributed by atoms with Crippen molar-refractivity contribution in [2.24, 2.45) is 0 Å². The predicted octanol–water partition coefficient (Wildman–Crippen LogP) is 4.33. The van der Waals surface area contributed by atoms with Crippen LogP contribution < -0.4 is 16.2 Å². The molecule has 31 heavy (non-hydrogen) atoms. The fourth-order valence-electron chi connectivity index (χ4n) is 2.51. The third-order valence-electron chi connectivity index (χ3n) is 3.78. The largest absolute Gasteiger partial charge is 0.319 e. The summed E-state index contributed by atoms with van der Waals surface area (Å²) in [6.07, 6.45) is 6.71. The Morgan fingerprint density at radius 3 is 2.68 bits per heavy atom. The first kappa shape index (κ1) is 23.4. The summed E-state index contributed by atoms with van der Waals surface area (Å²) in [6, 6.07) is 8.09. The van der Waals surface area contributed by atoms with Gasteiger partial charge in [0.15, 0.2) is 5.82 Å². The minimum absolute atomic E-state index is 0.140. The number of hydrazine groups is 1. The number of nitrogens with zero attached hydrogens (tertiary/aromatic N) is 3. The molecular weight excluding hydrogens is 619 g/mol. The van der Waals surface area contributed by atoms with Gasteiger partial charge in [0.2, 0.25) is 0 Å². The molecule has 0 saturated heterocycles. The standard InChI is InChI=1S/C19H12Br3ClN6O2/c1-2-5-25-27-18(30)11-7-10(20)8-12(21)16(11)26-19(31)14-9-15(22)28-29(14)17-13(23)4-3-6-24-17/h1,3-4,6-9,25H,5H2,(H,26,31)(H,27,30). The van der Waals surface area contributed by atoms with E-state index in [0.717, 1.165) is 0 Å². The Morgan fingerprint density at radius 2 is 1.97 bits per heavy atom. The lowest BCUT2D eigenvalue weighted by molar-refractivity contribution is 0.0936. The number of carbonyl (C=O) groups excluding carboxylic acids is 2. The second-order valence-electron chi connectivity index (χ2n) is 5.85. The zero-order valence-corrected chi connectivity index (χ0v) is 20.9. The van der Waals surface area contributed by atoms with Crippen molar-refractivity contribution in [2.45, 2.75) is 0 Å². The highest BCUT2D eigenvalue weighted by molar-refractivity contribution is 9.11. The van der Waals surface area contributed by atoms with Gasteiger partial charge in [-0.2, -0.15) is 5.10 Å². The minimum atomic E-state index is -0.534. The summed E-state index contributed by atoms with van der Waals surface area (Å²) >= 11 is 16.2. The number of hydrogen-bond donors (Lipinski definition) is 3. The van der Waals surface area contributed by atoms with Crippen LogP contribution in [0, 0.1) is 12.3 Å². The molecule has 0 aliphatic carbocycles. The van der Waals surface area contributed by atoms with Gasteiger partial charge in [0, 0.05) is 21.2 Å². The Hall–Kier alpha value is -2.23. The third-order valence-corrected chi connectivity index (χ3v) is 5.55. The van der Waals surface area contributed by atoms with Gasteiger partial charge in [-0.3, -0.25) is 15.0 Å². The van der Waals surface area contributed by atoms with Gasteiger partial charge < -0.3 is 5.32 Å². The first-order valence-corrected chi connectivity index (χ1v) is 11.2. The molecule has 1 aromatic carbocycles. The van der Waals surface area contributed by atoms with Gasteiger partial charge in [-0.1, -0.05) is 33.5 Å². The zero-order chi connectivity index (χ0) is 22.5. The molecule has 0 atom stereocenters. The molecule has 0 fully saturated rings. The molecule has 2 heterocycles. The predicted molar refractivity (Wildman–Crippen MR) is 128 cm³/mol. The number of terminal acetylenes is 1. The first-order chi connectivity index (χ1) is 14.8. The molecular formula is C19H12Br3ClN6O2. The highest BCUT2D eigenvalue weighted by Gasteiger charge is 2.22. The lowest BCUT2D eigenvalue weighted by Gasteiger charge is -2.15. The average Bonchev–Trinajstić information content (AvgIpc) is 3.11. The van der Waals surface area contributed by atoms with Crippen molar-refractivity contribution in [3.63, 3.8) is 0 Å². The Morgan fingerprint density at radius 1 is 1.19 bits per heavy atom. The maximum absolute atomic E-state index is 13.1. The molecule has 2 amide bonds. The first-order valence-electron chi connectivity index (χ1n) is 8.45. The summed E-state index contributed by atoms with van der Waals surface area (Å²) < 4.78 is 2.83. The fourth-order valence-corrected chi connectivity index (χ4v) is 4.41. The van der Waals surface area contributed by atoms with E-state index < -0.39 is 11.8 Å². The summed E-state index contributed by atoms with van der Waals surface area (Å²) in [6.45, 7) is 0.140. The molecule has 0 aliphatic rings. The number of aromatic nitrogens is 3. The van der Waals surface area contributed by atoms with E-state index in [0.29, 0.717) is 18.6 Å². The number of hydrogen-bond acceptors (Lipinski definition) is 5. The van der Waals surface area contributed by atoms with Crippen LogP contribution in [0.1, 0.15) is 20.8 Å². The molecule has 2 aromatic heterocycles. The van der Waals surface area contributed by atoms with Crippen molar-refractivity contribution in [3.05, 3.63) is 66.4 Å². The summed E-state index contributed by atoms with van der Waals surface area (Å²) in [5.41, 5.74) is 5.68. The average molecular weight is 632 g/mol. The third kappa shape index (κ3) is 5.53. The molecule has 158 valence electrons. The van der Waals surface area contributed by atoms with Crippen molar-refractivity contribution < 1.29 is 9.59 Å². The van der Waals surface area contributed by atoms with E-state index in [4.69, 9.17) is 18.0 Å². The number of halogens is 4. The lowest BCUT2D eigenvalue weighted by atomic mass is 10.1. The van der Waals surface area contributed by atoms with Crippen LogP contribution in [0.2, 0.25) is 5.02 Å². The normalized spacial score (nSPS) is 10.4. The Bertz CT molecular complexity index is 1210. The second-order valence-corrected chi connectivity index (χ2v) is 8.84. The summed E-state index contributed by atoms with van der Waals surface area (Å²) in [5.74, 6) is 1.61. The van der Waals surface area contributed by atoms with E-state index in [-0.39, 0.29) is 29.3 Å². The number of nitrogens with one attached hydrogen (secondary N) is 3. The topological polar surface area (TPSA) is 101 Å². The van der Waals surface area contributed by atoms with Crippen LogP contribution >= 0.6 is 59.4 Å². The van der Waals surface area contributed by atoms with Crippen LogP contribution in [0.15, 0.2) is 50.1 Å². The SMILES string of the molecule is C#CCNNC(=O)c1cc(Br)cc(Br)c1NC(=O)c1cc(Br)nn1-c1ncccc1Cl. The Kier molecular flexibility index (Phi) is 7.85. The number of amides is 2. The maximum Gasteiger partial charge on any atom is 0.274 e. The highest BCUT2D eigenvalue weighted by Crippen LogP contribution is 2.32. The van der Waals surface area contributed by atoms with Gasteiger partial charge in [0.05, 0.1) is 22.8 Å². The molecule has 3 rings (SSSR count). The highest BCUT2D eigenvalue weighted by atomic mass is 79.9. The summed E-state index contributed by atoms with van der Waals surface area (Å²) in [7, 11) is 0. The van der Waals surface area contributed by atoms with Crippen LogP contribution in [0.25, 0.3) is 5.82 Å². The van der Waals surface area contributed by atoms with Crippen LogP contribution in [-0.4, -0.2) is 33.1 Å². The number of anilines is 1. The number of pyridine rings is 1. The molecule has 0 radical (unpaired) electrons. The van der Waals surface area contributed by atoms with E-state index in [1.807, 2.05) is 0 Å². The molecule has 8 nitrogen and oxygen atoms in total. The van der Waals surface area contributed by atoms with Crippen molar-refractivity contribution in [1.29, 1.82) is 0 Å². The van der Waals surface area contributed by atoms with Crippen molar-refractivity contribution in [2.75, 3.05) is 11.9 Å². The molecule has 0 unspecified atom stereocenters. The molecule has 0 aliphatic heterocycles. The Labute approximate surface area is 207 Å². The van der Waals surface area contributed by atoms with Gasteiger partial charge in [0.1, 0.15) is 10.3 Å². The van der Waals surface area contributed by atoms with E-state index in [2.05, 4.69) is 80.0 Å². The van der Waals surface area contributed by atoms with Crippen LogP contribution in [0.5, 0.6) is 0 Å². The number of benzene rings is 1. The molecule has 3 aromatic rings. The molecule has 12 heteroatoms. The minimum Gasteiger partial charge on any atom is -0.319 e. The maximum atomic E-state index is 13.1. The van der Waals surface area contributed by atoms with E-state index in [9.17, 15) is 9.59 Å². The molecule has 0 saturated carbocycles. The van der Waals surface area contributed by atoms with Crippen molar-refractivity contribution in [1.82, 2.24) is 25.6 Å². The van der Waals surface area contributed by atoms with Crippen LogP contribution in [0.4, 0.5) is 5.69 Å². The summed E-state index contributed by atoms with van der Waals surface area (Å²) in [5, 5.41) is 7.31. The molecule has 3 N–H and O–H groups in total. The second kappa shape index (κ2) is 10.4. The van der Waals surface area contributed by atoms with Gasteiger partial charge in [0.25, 0.3) is 11.8 Å². The van der Waals surface area contributed by atoms with Gasteiger partial charge in [-0.15, -0.1) is 6.42 Å². The van der Waals surface area contributed by atoms with Crippen LogP contribution in [0.3, 0.4) is 0 Å². The number of rotatable bonds is 6. The quantitative estimate of drug-likeness (QED) is 0.214. The van der Waals surface area contributed by atoms with Gasteiger partial charge >= 0.3 is 0 Å². The van der Waals surface area contributed by atoms with E-state index >= 15 is 0 Å². The van der Waals surface area contributed by atoms with Gasteiger partial charge in [-0.05, 0) is 56.1 Å². The smallest absolute Gasteiger partial charge is 0.274 e. The zero-order valence-electron chi connectivity index (χ0n) is 15.4. The molecule has 0 bridgehead atoms. The van der Waals surface area contributed by atoms with E-state index in [1.54, 1.807) is 24.3 Å². The Balaban J connectivity index is 1.98. The number of carbonyl (C=O) groups is 2. The monoisotopic (exact) mass is 628 g/mol. The lowest BCUT2D eigenvalue weighted by Crippen LogP contribution is -2.38.